The van der Waals surface area contributed by atoms with Crippen LogP contribution in [0, 0.1) is 0 Å². The summed E-state index contributed by atoms with van der Waals surface area (Å²) < 4.78 is 25.1. The van der Waals surface area contributed by atoms with E-state index in [0.29, 0.717) is 10.9 Å². The molecule has 0 N–H and O–H groups in total. The maximum atomic E-state index is 11.6. The lowest BCUT2D eigenvalue weighted by atomic mass is 9.98. The molecule has 0 amide bonds. The van der Waals surface area contributed by atoms with Crippen molar-refractivity contribution in [3.8, 4) is 0 Å². The molecule has 0 radical (unpaired) electrons. The molecule has 1 aliphatic heterocycles. The molecule has 5 nitrogen and oxygen atoms in total. The summed E-state index contributed by atoms with van der Waals surface area (Å²) in [5, 5.41) is 4.28. The molecule has 1 saturated heterocycles. The molecule has 130 valence electrons. The number of nitrogens with zero attached hydrogens (tertiary/aromatic N) is 3. The molecule has 0 unspecified atom stereocenters. The van der Waals surface area contributed by atoms with Gasteiger partial charge < -0.3 is 0 Å². The van der Waals surface area contributed by atoms with Crippen molar-refractivity contribution >= 4 is 9.84 Å². The lowest BCUT2D eigenvalue weighted by Gasteiger charge is -2.36. The fourth-order valence-corrected chi connectivity index (χ4v) is 4.02. The number of sulfone groups is 1. The Morgan fingerprint density at radius 1 is 1.21 bits per heavy atom. The van der Waals surface area contributed by atoms with E-state index in [-0.39, 0.29) is 0 Å². The van der Waals surface area contributed by atoms with Gasteiger partial charge in [-0.25, -0.2) is 8.42 Å². The minimum atomic E-state index is -3.12. The van der Waals surface area contributed by atoms with E-state index in [1.54, 1.807) is 12.1 Å². The third kappa shape index (κ3) is 4.45. The zero-order valence-corrected chi connectivity index (χ0v) is 15.0. The van der Waals surface area contributed by atoms with Crippen LogP contribution in [0.5, 0.6) is 0 Å². The highest BCUT2D eigenvalue weighted by Gasteiger charge is 2.22. The van der Waals surface area contributed by atoms with Gasteiger partial charge in [0.2, 0.25) is 0 Å². The van der Waals surface area contributed by atoms with Crippen molar-refractivity contribution in [3.05, 3.63) is 48.3 Å². The monoisotopic (exact) mass is 347 g/mol. The molecule has 0 saturated carbocycles. The summed E-state index contributed by atoms with van der Waals surface area (Å²) in [4.78, 5) is 2.92. The first-order valence-electron chi connectivity index (χ1n) is 8.53. The normalized spacial score (nSPS) is 19.5. The quantitative estimate of drug-likeness (QED) is 0.806. The molecule has 2 heterocycles. The Morgan fingerprint density at radius 2 is 2.00 bits per heavy atom. The van der Waals surface area contributed by atoms with Crippen molar-refractivity contribution in [2.75, 3.05) is 12.8 Å². The Labute approximate surface area is 144 Å². The number of hydrogen-bond acceptors (Lipinski definition) is 4. The van der Waals surface area contributed by atoms with Crippen molar-refractivity contribution in [1.82, 2.24) is 14.7 Å². The first-order chi connectivity index (χ1) is 11.5. The zero-order chi connectivity index (χ0) is 17.0. The standard InChI is InChI=1S/C18H25N3O2S/c1-24(22,23)18-8-6-16(7-9-18)15-20-12-3-2-5-17(20)10-14-21-13-4-11-19-21/h4,6-9,11,13,17H,2-3,5,10,12,14-15H2,1H3/t17-/m0/s1. The second-order valence-electron chi connectivity index (χ2n) is 6.59. The Kier molecular flexibility index (Phi) is 5.36. The highest BCUT2D eigenvalue weighted by molar-refractivity contribution is 7.90. The van der Waals surface area contributed by atoms with Gasteiger partial charge in [-0.05, 0) is 49.6 Å². The van der Waals surface area contributed by atoms with Crippen LogP contribution in [0.1, 0.15) is 31.2 Å². The maximum Gasteiger partial charge on any atom is 0.175 e. The molecule has 1 aromatic heterocycles. The van der Waals surface area contributed by atoms with Crippen LogP contribution in [0.3, 0.4) is 0 Å². The summed E-state index contributed by atoms with van der Waals surface area (Å²) >= 11 is 0. The summed E-state index contributed by atoms with van der Waals surface area (Å²) in [7, 11) is -3.12. The number of aromatic nitrogens is 2. The van der Waals surface area contributed by atoms with E-state index in [2.05, 4.69) is 10.00 Å². The smallest absolute Gasteiger partial charge is 0.175 e. The molecule has 2 aromatic rings. The number of piperidine rings is 1. The van der Waals surface area contributed by atoms with Gasteiger partial charge in [0.15, 0.2) is 9.84 Å². The van der Waals surface area contributed by atoms with Crippen LogP contribution in [-0.2, 0) is 22.9 Å². The van der Waals surface area contributed by atoms with E-state index in [1.807, 2.05) is 35.3 Å². The molecule has 1 aliphatic rings. The van der Waals surface area contributed by atoms with E-state index in [1.165, 1.54) is 31.1 Å². The zero-order valence-electron chi connectivity index (χ0n) is 14.1. The predicted octanol–water partition coefficient (Wildman–Crippen LogP) is 2.73. The molecular formula is C18H25N3O2S. The minimum Gasteiger partial charge on any atom is -0.296 e. The van der Waals surface area contributed by atoms with Gasteiger partial charge in [-0.15, -0.1) is 0 Å². The van der Waals surface area contributed by atoms with Crippen LogP contribution < -0.4 is 0 Å². The molecule has 3 rings (SSSR count). The second-order valence-corrected chi connectivity index (χ2v) is 8.61. The van der Waals surface area contributed by atoms with Crippen molar-refractivity contribution in [2.24, 2.45) is 0 Å². The average molecular weight is 347 g/mol. The van der Waals surface area contributed by atoms with Gasteiger partial charge in [-0.2, -0.15) is 5.10 Å². The number of benzene rings is 1. The molecule has 6 heteroatoms. The van der Waals surface area contributed by atoms with Crippen molar-refractivity contribution in [1.29, 1.82) is 0 Å². The third-order valence-corrected chi connectivity index (χ3v) is 5.87. The van der Waals surface area contributed by atoms with E-state index >= 15 is 0 Å². The van der Waals surface area contributed by atoms with Gasteiger partial charge in [0, 0.05) is 37.8 Å². The van der Waals surface area contributed by atoms with E-state index in [0.717, 1.165) is 26.1 Å². The Morgan fingerprint density at radius 3 is 2.67 bits per heavy atom. The van der Waals surface area contributed by atoms with Gasteiger partial charge in [-0.1, -0.05) is 18.6 Å². The van der Waals surface area contributed by atoms with Gasteiger partial charge in [0.1, 0.15) is 0 Å². The van der Waals surface area contributed by atoms with Crippen LogP contribution in [-0.4, -0.2) is 41.9 Å². The largest absolute Gasteiger partial charge is 0.296 e. The van der Waals surface area contributed by atoms with Gasteiger partial charge in [0.25, 0.3) is 0 Å². The maximum absolute atomic E-state index is 11.6. The number of aryl methyl sites for hydroxylation is 1. The number of likely N-dealkylation sites (tertiary alicyclic amines) is 1. The van der Waals surface area contributed by atoms with Gasteiger partial charge in [0.05, 0.1) is 4.90 Å². The van der Waals surface area contributed by atoms with Crippen molar-refractivity contribution in [2.45, 2.75) is 49.7 Å². The molecule has 24 heavy (non-hydrogen) atoms. The Bertz CT molecular complexity index is 739. The summed E-state index contributed by atoms with van der Waals surface area (Å²) in [5.41, 5.74) is 1.17. The fourth-order valence-electron chi connectivity index (χ4n) is 3.39. The summed E-state index contributed by atoms with van der Waals surface area (Å²) in [6, 6.07) is 9.84. The molecule has 1 fully saturated rings. The molecule has 0 spiro atoms. The van der Waals surface area contributed by atoms with E-state index in [4.69, 9.17) is 0 Å². The number of rotatable bonds is 6. The molecule has 0 bridgehead atoms. The van der Waals surface area contributed by atoms with Crippen LogP contribution in [0.2, 0.25) is 0 Å². The second kappa shape index (κ2) is 7.49. The molecule has 1 atom stereocenters. The summed E-state index contributed by atoms with van der Waals surface area (Å²) in [5.74, 6) is 0. The first-order valence-corrected chi connectivity index (χ1v) is 10.4. The van der Waals surface area contributed by atoms with Gasteiger partial charge >= 0.3 is 0 Å². The third-order valence-electron chi connectivity index (χ3n) is 4.74. The Hall–Kier alpha value is -1.66. The summed E-state index contributed by atoms with van der Waals surface area (Å²) in [6.45, 7) is 2.94. The lowest BCUT2D eigenvalue weighted by molar-refractivity contribution is 0.127. The SMILES string of the molecule is CS(=O)(=O)c1ccc(CN2CCCC[C@H]2CCn2cccn2)cc1. The first kappa shape index (κ1) is 17.2. The van der Waals surface area contributed by atoms with Crippen LogP contribution >= 0.6 is 0 Å². The van der Waals surface area contributed by atoms with Crippen molar-refractivity contribution in [3.63, 3.8) is 0 Å². The highest BCUT2D eigenvalue weighted by Crippen LogP contribution is 2.23. The highest BCUT2D eigenvalue weighted by atomic mass is 32.2. The van der Waals surface area contributed by atoms with Crippen LogP contribution in [0.25, 0.3) is 0 Å². The molecule has 1 aromatic carbocycles. The van der Waals surface area contributed by atoms with Crippen LogP contribution in [0.15, 0.2) is 47.6 Å². The van der Waals surface area contributed by atoms with E-state index < -0.39 is 9.84 Å². The fraction of sp³-hybridized carbons (Fsp3) is 0.500. The average Bonchev–Trinajstić information content (AvgIpc) is 3.07. The lowest BCUT2D eigenvalue weighted by Crippen LogP contribution is -2.39. The summed E-state index contributed by atoms with van der Waals surface area (Å²) in [6.07, 6.45) is 9.93. The predicted molar refractivity (Wildman–Crippen MR) is 94.4 cm³/mol. The van der Waals surface area contributed by atoms with E-state index in [9.17, 15) is 8.42 Å². The molecule has 0 aliphatic carbocycles. The van der Waals surface area contributed by atoms with Crippen molar-refractivity contribution < 1.29 is 8.42 Å². The van der Waals surface area contributed by atoms with Crippen LogP contribution in [0.4, 0.5) is 0 Å². The topological polar surface area (TPSA) is 55.2 Å². The molecular weight excluding hydrogens is 322 g/mol. The minimum absolute atomic E-state index is 0.389. The Balaban J connectivity index is 1.62. The number of hydrogen-bond donors (Lipinski definition) is 0. The van der Waals surface area contributed by atoms with Gasteiger partial charge in [-0.3, -0.25) is 9.58 Å².